The summed E-state index contributed by atoms with van der Waals surface area (Å²) in [4.78, 5) is 20.1. The van der Waals surface area contributed by atoms with E-state index in [-0.39, 0.29) is 11.7 Å². The van der Waals surface area contributed by atoms with E-state index in [0.29, 0.717) is 26.1 Å². The van der Waals surface area contributed by atoms with Gasteiger partial charge in [-0.3, -0.25) is 14.8 Å². The minimum Gasteiger partial charge on any atom is -0.352 e. The van der Waals surface area contributed by atoms with Gasteiger partial charge < -0.3 is 10.6 Å². The molecule has 1 amide bonds. The second kappa shape index (κ2) is 8.30. The van der Waals surface area contributed by atoms with Gasteiger partial charge in [-0.15, -0.1) is 0 Å². The third-order valence-corrected chi connectivity index (χ3v) is 3.83. The maximum atomic E-state index is 13.7. The summed E-state index contributed by atoms with van der Waals surface area (Å²) in [5, 5.41) is 6.80. The summed E-state index contributed by atoms with van der Waals surface area (Å²) in [5.41, 5.74) is 2.57. The Morgan fingerprint density at radius 3 is 2.76 bits per heavy atom. The molecule has 0 aliphatic rings. The Labute approximate surface area is 145 Å². The Hall–Kier alpha value is -2.86. The first-order valence-corrected chi connectivity index (χ1v) is 8.12. The van der Waals surface area contributed by atoms with Crippen LogP contribution in [0, 0.1) is 5.82 Å². The second-order valence-corrected chi connectivity index (χ2v) is 5.70. The zero-order chi connectivity index (χ0) is 17.5. The number of halogens is 1. The zero-order valence-corrected chi connectivity index (χ0v) is 13.7. The minimum atomic E-state index is -0.285. The van der Waals surface area contributed by atoms with Gasteiger partial charge in [0, 0.05) is 50.0 Å². The highest BCUT2D eigenvalue weighted by Gasteiger charge is 2.06. The van der Waals surface area contributed by atoms with Crippen molar-refractivity contribution in [2.24, 2.45) is 0 Å². The monoisotopic (exact) mass is 338 g/mol. The summed E-state index contributed by atoms with van der Waals surface area (Å²) < 4.78 is 13.7. The molecule has 128 valence electrons. The van der Waals surface area contributed by atoms with Crippen LogP contribution < -0.4 is 10.6 Å². The van der Waals surface area contributed by atoms with Crippen LogP contribution in [0.3, 0.4) is 0 Å². The lowest BCUT2D eigenvalue weighted by Gasteiger charge is -2.09. The molecule has 0 bridgehead atoms. The molecule has 2 heterocycles. The standard InChI is InChI=1S/C19H19FN4O/c20-17-10-15-2-1-6-23-19(15)16(11-17)13-22-9-5-18(25)24-12-14-3-7-21-8-4-14/h1-4,6-8,10-11,22H,5,9,12-13H2,(H,24,25). The molecule has 3 aromatic rings. The number of nitrogens with one attached hydrogen (secondary N) is 2. The van der Waals surface area contributed by atoms with Gasteiger partial charge in [-0.1, -0.05) is 6.07 Å². The molecular formula is C19H19FN4O. The summed E-state index contributed by atoms with van der Waals surface area (Å²) in [6, 6.07) is 10.3. The highest BCUT2D eigenvalue weighted by molar-refractivity contribution is 5.81. The van der Waals surface area contributed by atoms with Crippen molar-refractivity contribution in [1.29, 1.82) is 0 Å². The maximum Gasteiger partial charge on any atom is 0.221 e. The SMILES string of the molecule is O=C(CCNCc1cc(F)cc2cccnc12)NCc1ccncc1. The molecule has 0 aliphatic heterocycles. The van der Waals surface area contributed by atoms with Gasteiger partial charge in [0.15, 0.2) is 0 Å². The molecule has 1 aromatic carbocycles. The molecule has 0 spiro atoms. The first-order chi connectivity index (χ1) is 12.2. The zero-order valence-electron chi connectivity index (χ0n) is 13.7. The van der Waals surface area contributed by atoms with Crippen LogP contribution in [0.4, 0.5) is 4.39 Å². The Bertz CT molecular complexity index is 854. The molecule has 0 fully saturated rings. The largest absolute Gasteiger partial charge is 0.352 e. The van der Waals surface area contributed by atoms with Gasteiger partial charge in [0.25, 0.3) is 0 Å². The van der Waals surface area contributed by atoms with Crippen molar-refractivity contribution >= 4 is 16.8 Å². The number of carbonyl (C=O) groups excluding carboxylic acids is 1. The fourth-order valence-electron chi connectivity index (χ4n) is 2.58. The third kappa shape index (κ3) is 4.81. The number of nitrogens with zero attached hydrogens (tertiary/aromatic N) is 2. The van der Waals surface area contributed by atoms with Crippen molar-refractivity contribution in [3.8, 4) is 0 Å². The predicted octanol–water partition coefficient (Wildman–Crippen LogP) is 2.57. The van der Waals surface area contributed by atoms with E-state index in [4.69, 9.17) is 0 Å². The number of aromatic nitrogens is 2. The van der Waals surface area contributed by atoms with Crippen molar-refractivity contribution in [2.45, 2.75) is 19.5 Å². The molecule has 2 aromatic heterocycles. The Morgan fingerprint density at radius 1 is 1.08 bits per heavy atom. The summed E-state index contributed by atoms with van der Waals surface area (Å²) in [7, 11) is 0. The van der Waals surface area contributed by atoms with Crippen LogP contribution in [-0.2, 0) is 17.9 Å². The molecule has 0 aliphatic carbocycles. The number of fused-ring (bicyclic) bond motifs is 1. The van der Waals surface area contributed by atoms with Crippen molar-refractivity contribution in [2.75, 3.05) is 6.54 Å². The molecule has 0 saturated heterocycles. The van der Waals surface area contributed by atoms with Crippen LogP contribution in [0.5, 0.6) is 0 Å². The minimum absolute atomic E-state index is 0.0356. The van der Waals surface area contributed by atoms with Gasteiger partial charge in [-0.25, -0.2) is 4.39 Å². The molecule has 2 N–H and O–H groups in total. The lowest BCUT2D eigenvalue weighted by molar-refractivity contribution is -0.121. The van der Waals surface area contributed by atoms with Crippen molar-refractivity contribution in [3.05, 3.63) is 71.9 Å². The van der Waals surface area contributed by atoms with E-state index < -0.39 is 0 Å². The quantitative estimate of drug-likeness (QED) is 0.650. The van der Waals surface area contributed by atoms with Crippen LogP contribution in [0.15, 0.2) is 55.0 Å². The van der Waals surface area contributed by atoms with Gasteiger partial charge >= 0.3 is 0 Å². The highest BCUT2D eigenvalue weighted by atomic mass is 19.1. The van der Waals surface area contributed by atoms with Crippen molar-refractivity contribution in [3.63, 3.8) is 0 Å². The fourth-order valence-corrected chi connectivity index (χ4v) is 2.58. The van der Waals surface area contributed by atoms with Crippen molar-refractivity contribution < 1.29 is 9.18 Å². The summed E-state index contributed by atoms with van der Waals surface area (Å²) in [5.74, 6) is -0.320. The van der Waals surface area contributed by atoms with Gasteiger partial charge in [0.1, 0.15) is 5.82 Å². The predicted molar refractivity (Wildman–Crippen MR) is 94.1 cm³/mol. The normalized spacial score (nSPS) is 10.8. The van der Waals surface area contributed by atoms with Gasteiger partial charge in [-0.05, 0) is 41.5 Å². The molecular weight excluding hydrogens is 319 g/mol. The van der Waals surface area contributed by atoms with E-state index in [2.05, 4.69) is 20.6 Å². The number of hydrogen-bond donors (Lipinski definition) is 2. The average Bonchev–Trinajstić information content (AvgIpc) is 2.64. The Balaban J connectivity index is 1.46. The number of carbonyl (C=O) groups is 1. The van der Waals surface area contributed by atoms with Gasteiger partial charge in [0.05, 0.1) is 5.52 Å². The Morgan fingerprint density at radius 2 is 1.92 bits per heavy atom. The molecule has 5 nitrogen and oxygen atoms in total. The first kappa shape index (κ1) is 17.0. The number of pyridine rings is 2. The summed E-state index contributed by atoms with van der Waals surface area (Å²) >= 11 is 0. The molecule has 25 heavy (non-hydrogen) atoms. The first-order valence-electron chi connectivity index (χ1n) is 8.12. The van der Waals surface area contributed by atoms with E-state index in [9.17, 15) is 9.18 Å². The number of rotatable bonds is 7. The molecule has 3 rings (SSSR count). The van der Waals surface area contributed by atoms with Crippen LogP contribution >= 0.6 is 0 Å². The van der Waals surface area contributed by atoms with Crippen LogP contribution in [0.2, 0.25) is 0 Å². The van der Waals surface area contributed by atoms with Crippen LogP contribution in [-0.4, -0.2) is 22.4 Å². The lowest BCUT2D eigenvalue weighted by Crippen LogP contribution is -2.27. The molecule has 0 unspecified atom stereocenters. The summed E-state index contributed by atoms with van der Waals surface area (Å²) in [6.45, 7) is 1.45. The van der Waals surface area contributed by atoms with Crippen molar-refractivity contribution in [1.82, 2.24) is 20.6 Å². The third-order valence-electron chi connectivity index (χ3n) is 3.83. The number of hydrogen-bond acceptors (Lipinski definition) is 4. The van der Waals surface area contributed by atoms with E-state index in [1.807, 2.05) is 18.2 Å². The maximum absolute atomic E-state index is 13.7. The van der Waals surface area contributed by atoms with Crippen LogP contribution in [0.1, 0.15) is 17.5 Å². The van der Waals surface area contributed by atoms with E-state index >= 15 is 0 Å². The molecule has 0 radical (unpaired) electrons. The average molecular weight is 338 g/mol. The number of amides is 1. The van der Waals surface area contributed by atoms with Crippen LogP contribution in [0.25, 0.3) is 10.9 Å². The molecule has 6 heteroatoms. The molecule has 0 saturated carbocycles. The lowest BCUT2D eigenvalue weighted by atomic mass is 10.1. The topological polar surface area (TPSA) is 66.9 Å². The van der Waals surface area contributed by atoms with E-state index in [0.717, 1.165) is 22.0 Å². The van der Waals surface area contributed by atoms with E-state index in [1.54, 1.807) is 24.7 Å². The summed E-state index contributed by atoms with van der Waals surface area (Å²) in [6.07, 6.45) is 5.43. The van der Waals surface area contributed by atoms with Gasteiger partial charge in [0.2, 0.25) is 5.91 Å². The van der Waals surface area contributed by atoms with Gasteiger partial charge in [-0.2, -0.15) is 0 Å². The number of benzene rings is 1. The highest BCUT2D eigenvalue weighted by Crippen LogP contribution is 2.18. The fraction of sp³-hybridized carbons (Fsp3) is 0.211. The Kier molecular flexibility index (Phi) is 5.64. The molecule has 0 atom stereocenters. The second-order valence-electron chi connectivity index (χ2n) is 5.70. The van der Waals surface area contributed by atoms with E-state index in [1.165, 1.54) is 12.1 Å². The smallest absolute Gasteiger partial charge is 0.221 e.